The zero-order chi connectivity index (χ0) is 14.7. The number of aromatic nitrogens is 4. The van der Waals surface area contributed by atoms with E-state index in [4.69, 9.17) is 0 Å². The molecular weight excluding hydrogens is 262 g/mol. The van der Waals surface area contributed by atoms with Crippen LogP contribution in [0.3, 0.4) is 0 Å². The molecule has 0 saturated carbocycles. The summed E-state index contributed by atoms with van der Waals surface area (Å²) in [4.78, 5) is 8.65. The number of para-hydroxylation sites is 1. The van der Waals surface area contributed by atoms with Gasteiger partial charge in [-0.2, -0.15) is 0 Å². The average Bonchev–Trinajstić information content (AvgIpc) is 3.09. The molecule has 1 N–H and O–H groups in total. The molecule has 21 heavy (non-hydrogen) atoms. The Balaban J connectivity index is 1.79. The summed E-state index contributed by atoms with van der Waals surface area (Å²) in [5.41, 5.74) is 2.10. The highest BCUT2D eigenvalue weighted by Gasteiger charge is 2.10. The summed E-state index contributed by atoms with van der Waals surface area (Å²) < 4.78 is 4.14. The number of anilines is 1. The van der Waals surface area contributed by atoms with Gasteiger partial charge in [0.15, 0.2) is 0 Å². The Hall–Kier alpha value is -2.56. The van der Waals surface area contributed by atoms with Crippen LogP contribution in [0.5, 0.6) is 0 Å². The SMILES string of the molecule is Cc1cn(-c2ccccc2)c(NC(C)Cn2ccnc2)n1. The van der Waals surface area contributed by atoms with Crippen molar-refractivity contribution in [3.8, 4) is 5.69 Å². The van der Waals surface area contributed by atoms with Gasteiger partial charge in [-0.15, -0.1) is 0 Å². The van der Waals surface area contributed by atoms with Crippen LogP contribution >= 0.6 is 0 Å². The topological polar surface area (TPSA) is 47.7 Å². The van der Waals surface area contributed by atoms with Crippen molar-refractivity contribution in [3.63, 3.8) is 0 Å². The van der Waals surface area contributed by atoms with Gasteiger partial charge < -0.3 is 9.88 Å². The van der Waals surface area contributed by atoms with E-state index in [1.165, 1.54) is 0 Å². The highest BCUT2D eigenvalue weighted by molar-refractivity contribution is 5.43. The van der Waals surface area contributed by atoms with Crippen LogP contribution in [0.25, 0.3) is 5.69 Å². The van der Waals surface area contributed by atoms with E-state index < -0.39 is 0 Å². The van der Waals surface area contributed by atoms with Gasteiger partial charge in [0.25, 0.3) is 0 Å². The predicted molar refractivity (Wildman–Crippen MR) is 83.6 cm³/mol. The fourth-order valence-electron chi connectivity index (χ4n) is 2.36. The van der Waals surface area contributed by atoms with Gasteiger partial charge in [0.2, 0.25) is 5.95 Å². The van der Waals surface area contributed by atoms with Gasteiger partial charge in [0, 0.05) is 36.9 Å². The molecule has 3 rings (SSSR count). The van der Waals surface area contributed by atoms with Crippen LogP contribution < -0.4 is 5.32 Å². The summed E-state index contributed by atoms with van der Waals surface area (Å²) in [6.45, 7) is 4.99. The summed E-state index contributed by atoms with van der Waals surface area (Å²) in [7, 11) is 0. The summed E-state index contributed by atoms with van der Waals surface area (Å²) in [6, 6.07) is 10.5. The lowest BCUT2D eigenvalue weighted by molar-refractivity contribution is 0.613. The minimum atomic E-state index is 0.253. The van der Waals surface area contributed by atoms with Crippen LogP contribution in [0.4, 0.5) is 5.95 Å². The number of benzene rings is 1. The summed E-state index contributed by atoms with van der Waals surface area (Å²) in [5, 5.41) is 3.47. The second-order valence-corrected chi connectivity index (χ2v) is 5.22. The van der Waals surface area contributed by atoms with Crippen molar-refractivity contribution < 1.29 is 0 Å². The van der Waals surface area contributed by atoms with E-state index in [1.54, 1.807) is 6.20 Å². The van der Waals surface area contributed by atoms with E-state index in [0.29, 0.717) is 0 Å². The Morgan fingerprint density at radius 1 is 1.24 bits per heavy atom. The third-order valence-corrected chi connectivity index (χ3v) is 3.28. The Morgan fingerprint density at radius 2 is 2.05 bits per heavy atom. The molecule has 5 heteroatoms. The summed E-state index contributed by atoms with van der Waals surface area (Å²) in [6.07, 6.45) is 7.63. The third kappa shape index (κ3) is 3.13. The second kappa shape index (κ2) is 5.83. The smallest absolute Gasteiger partial charge is 0.208 e. The number of hydrogen-bond acceptors (Lipinski definition) is 3. The third-order valence-electron chi connectivity index (χ3n) is 3.28. The second-order valence-electron chi connectivity index (χ2n) is 5.22. The normalized spacial score (nSPS) is 12.3. The molecule has 0 aliphatic rings. The molecule has 0 bridgehead atoms. The van der Waals surface area contributed by atoms with Crippen molar-refractivity contribution in [3.05, 3.63) is 60.9 Å². The van der Waals surface area contributed by atoms with Gasteiger partial charge in [-0.1, -0.05) is 18.2 Å². The Bertz CT molecular complexity index is 685. The molecule has 0 saturated heterocycles. The average molecular weight is 281 g/mol. The van der Waals surface area contributed by atoms with E-state index in [9.17, 15) is 0 Å². The number of nitrogens with one attached hydrogen (secondary N) is 1. The van der Waals surface area contributed by atoms with E-state index in [-0.39, 0.29) is 6.04 Å². The Morgan fingerprint density at radius 3 is 2.76 bits per heavy atom. The highest BCUT2D eigenvalue weighted by Crippen LogP contribution is 2.17. The first kappa shape index (κ1) is 13.4. The lowest BCUT2D eigenvalue weighted by Crippen LogP contribution is -2.23. The molecule has 0 radical (unpaired) electrons. The van der Waals surface area contributed by atoms with E-state index in [0.717, 1.165) is 23.9 Å². The molecule has 1 atom stereocenters. The van der Waals surface area contributed by atoms with Crippen molar-refractivity contribution in [2.45, 2.75) is 26.4 Å². The maximum absolute atomic E-state index is 4.58. The first-order chi connectivity index (χ1) is 10.2. The van der Waals surface area contributed by atoms with Crippen LogP contribution in [0.15, 0.2) is 55.2 Å². The van der Waals surface area contributed by atoms with Gasteiger partial charge in [-0.3, -0.25) is 4.57 Å². The molecule has 5 nitrogen and oxygen atoms in total. The minimum Gasteiger partial charge on any atom is -0.351 e. The fourth-order valence-corrected chi connectivity index (χ4v) is 2.36. The fraction of sp³-hybridized carbons (Fsp3) is 0.250. The first-order valence-corrected chi connectivity index (χ1v) is 7.06. The minimum absolute atomic E-state index is 0.253. The molecular formula is C16H19N5. The predicted octanol–water partition coefficient (Wildman–Crippen LogP) is 2.88. The van der Waals surface area contributed by atoms with Crippen molar-refractivity contribution >= 4 is 5.95 Å². The molecule has 1 unspecified atom stereocenters. The van der Waals surface area contributed by atoms with E-state index >= 15 is 0 Å². The molecule has 108 valence electrons. The zero-order valence-electron chi connectivity index (χ0n) is 12.3. The van der Waals surface area contributed by atoms with Crippen molar-refractivity contribution in [2.24, 2.45) is 0 Å². The van der Waals surface area contributed by atoms with Gasteiger partial charge in [0.05, 0.1) is 12.0 Å². The largest absolute Gasteiger partial charge is 0.351 e. The van der Waals surface area contributed by atoms with Crippen LogP contribution in [-0.2, 0) is 6.54 Å². The maximum Gasteiger partial charge on any atom is 0.208 e. The number of rotatable bonds is 5. The molecule has 0 spiro atoms. The monoisotopic (exact) mass is 281 g/mol. The van der Waals surface area contributed by atoms with Crippen molar-refractivity contribution in [2.75, 3.05) is 5.32 Å². The Labute approximate surface area is 124 Å². The van der Waals surface area contributed by atoms with Crippen LogP contribution in [0.2, 0.25) is 0 Å². The summed E-state index contributed by atoms with van der Waals surface area (Å²) in [5.74, 6) is 0.867. The van der Waals surface area contributed by atoms with Crippen LogP contribution in [0.1, 0.15) is 12.6 Å². The standard InChI is InChI=1S/C16H19N5/c1-13(10-20-9-8-17-12-20)18-16-19-14(2)11-21(16)15-6-4-3-5-7-15/h3-9,11-13H,10H2,1-2H3,(H,18,19). The van der Waals surface area contributed by atoms with E-state index in [1.807, 2.05) is 43.8 Å². The molecule has 0 aliphatic carbocycles. The van der Waals surface area contributed by atoms with Crippen molar-refractivity contribution in [1.29, 1.82) is 0 Å². The van der Waals surface area contributed by atoms with Gasteiger partial charge >= 0.3 is 0 Å². The number of aryl methyl sites for hydroxylation is 1. The van der Waals surface area contributed by atoms with Crippen LogP contribution in [0, 0.1) is 6.92 Å². The van der Waals surface area contributed by atoms with Gasteiger partial charge in [-0.25, -0.2) is 9.97 Å². The lowest BCUT2D eigenvalue weighted by Gasteiger charge is -2.16. The molecule has 3 aromatic rings. The molecule has 1 aromatic carbocycles. The molecule has 0 amide bonds. The Kier molecular flexibility index (Phi) is 3.73. The highest BCUT2D eigenvalue weighted by atomic mass is 15.2. The zero-order valence-corrected chi connectivity index (χ0v) is 12.3. The number of hydrogen-bond donors (Lipinski definition) is 1. The van der Waals surface area contributed by atoms with Gasteiger partial charge in [-0.05, 0) is 26.0 Å². The van der Waals surface area contributed by atoms with E-state index in [2.05, 4.69) is 43.5 Å². The molecule has 0 aliphatic heterocycles. The molecule has 0 fully saturated rings. The number of imidazole rings is 2. The summed E-state index contributed by atoms with van der Waals surface area (Å²) >= 11 is 0. The van der Waals surface area contributed by atoms with Gasteiger partial charge in [0.1, 0.15) is 0 Å². The molecule has 2 heterocycles. The van der Waals surface area contributed by atoms with Crippen LogP contribution in [-0.4, -0.2) is 25.1 Å². The maximum atomic E-state index is 4.58. The lowest BCUT2D eigenvalue weighted by atomic mass is 10.3. The first-order valence-electron chi connectivity index (χ1n) is 7.06. The quantitative estimate of drug-likeness (QED) is 0.782. The molecule has 2 aromatic heterocycles. The number of nitrogens with zero attached hydrogens (tertiary/aromatic N) is 4. The van der Waals surface area contributed by atoms with Crippen molar-refractivity contribution in [1.82, 2.24) is 19.1 Å².